The molecule has 0 unspecified atom stereocenters. The van der Waals surface area contributed by atoms with Crippen molar-refractivity contribution < 1.29 is 0 Å². The van der Waals surface area contributed by atoms with Gasteiger partial charge in [0.05, 0.1) is 12.4 Å². The van der Waals surface area contributed by atoms with Crippen LogP contribution in [0.25, 0.3) is 10.8 Å². The minimum atomic E-state index is 0.712. The fourth-order valence-corrected chi connectivity index (χ4v) is 2.53. The molecule has 5 heteroatoms. The first-order valence-electron chi connectivity index (χ1n) is 6.22. The number of rotatable bonds is 3. The number of halogens is 1. The highest BCUT2D eigenvalue weighted by atomic mass is 79.9. The number of hydrogen-bond donors (Lipinski definition) is 2. The van der Waals surface area contributed by atoms with Gasteiger partial charge in [-0.2, -0.15) is 0 Å². The van der Waals surface area contributed by atoms with Gasteiger partial charge in [-0.25, -0.2) is 4.98 Å². The third kappa shape index (κ3) is 2.44. The second-order valence-corrected chi connectivity index (χ2v) is 5.16. The first kappa shape index (κ1) is 12.9. The molecule has 20 heavy (non-hydrogen) atoms. The van der Waals surface area contributed by atoms with E-state index in [2.05, 4.69) is 48.7 Å². The van der Waals surface area contributed by atoms with Crippen molar-refractivity contribution in [3.63, 3.8) is 0 Å². The first-order valence-corrected chi connectivity index (χ1v) is 7.01. The number of nitrogens with one attached hydrogen (secondary N) is 2. The van der Waals surface area contributed by atoms with Crippen LogP contribution in [-0.2, 0) is 0 Å². The predicted octanol–water partition coefficient (Wildman–Crippen LogP) is 4.18. The number of fused-ring (bicyclic) bond motifs is 1. The van der Waals surface area contributed by atoms with Crippen molar-refractivity contribution in [2.45, 2.75) is 0 Å². The van der Waals surface area contributed by atoms with E-state index < -0.39 is 0 Å². The van der Waals surface area contributed by atoms with E-state index in [1.165, 1.54) is 0 Å². The van der Waals surface area contributed by atoms with Crippen LogP contribution in [0.2, 0.25) is 0 Å². The minimum Gasteiger partial charge on any atom is -0.372 e. The van der Waals surface area contributed by atoms with Crippen LogP contribution in [0.4, 0.5) is 17.3 Å². The van der Waals surface area contributed by atoms with E-state index in [1.807, 2.05) is 31.3 Å². The van der Waals surface area contributed by atoms with Crippen LogP contribution in [0.5, 0.6) is 0 Å². The van der Waals surface area contributed by atoms with Crippen molar-refractivity contribution in [1.29, 1.82) is 0 Å². The summed E-state index contributed by atoms with van der Waals surface area (Å²) in [5.74, 6) is 1.45. The Bertz CT molecular complexity index is 758. The molecule has 0 saturated heterocycles. The largest absolute Gasteiger partial charge is 0.372 e. The molecule has 4 nitrogen and oxygen atoms in total. The third-order valence-electron chi connectivity index (χ3n) is 3.02. The van der Waals surface area contributed by atoms with Crippen molar-refractivity contribution in [3.05, 3.63) is 53.3 Å². The number of nitrogens with zero attached hydrogens (tertiary/aromatic N) is 2. The van der Waals surface area contributed by atoms with Crippen LogP contribution in [0, 0.1) is 0 Å². The monoisotopic (exact) mass is 328 g/mol. The number of hydrogen-bond acceptors (Lipinski definition) is 4. The highest BCUT2D eigenvalue weighted by Crippen LogP contribution is 2.31. The summed E-state index contributed by atoms with van der Waals surface area (Å²) in [4.78, 5) is 8.57. The van der Waals surface area contributed by atoms with E-state index in [4.69, 9.17) is 0 Å². The summed E-state index contributed by atoms with van der Waals surface area (Å²) in [6, 6.07) is 12.3. The van der Waals surface area contributed by atoms with Crippen LogP contribution < -0.4 is 10.6 Å². The fourth-order valence-electron chi connectivity index (χ4n) is 2.06. The Labute approximate surface area is 125 Å². The van der Waals surface area contributed by atoms with Crippen molar-refractivity contribution in [3.8, 4) is 0 Å². The van der Waals surface area contributed by atoms with E-state index in [9.17, 15) is 0 Å². The van der Waals surface area contributed by atoms with Gasteiger partial charge in [0.25, 0.3) is 0 Å². The van der Waals surface area contributed by atoms with Gasteiger partial charge >= 0.3 is 0 Å². The topological polar surface area (TPSA) is 49.8 Å². The molecule has 100 valence electrons. The average Bonchev–Trinajstić information content (AvgIpc) is 2.51. The summed E-state index contributed by atoms with van der Waals surface area (Å²) >= 11 is 3.57. The summed E-state index contributed by atoms with van der Waals surface area (Å²) in [5, 5.41) is 8.59. The molecule has 2 N–H and O–H groups in total. The second kappa shape index (κ2) is 5.46. The molecule has 0 aliphatic heterocycles. The molecule has 3 rings (SSSR count). The lowest BCUT2D eigenvalue weighted by Gasteiger charge is -2.10. The Kier molecular flexibility index (Phi) is 3.52. The third-order valence-corrected chi connectivity index (χ3v) is 3.72. The predicted molar refractivity (Wildman–Crippen MR) is 86.5 cm³/mol. The molecular formula is C15H13BrN4. The van der Waals surface area contributed by atoms with Gasteiger partial charge in [0.2, 0.25) is 0 Å². The van der Waals surface area contributed by atoms with Crippen molar-refractivity contribution >= 4 is 44.0 Å². The van der Waals surface area contributed by atoms with Gasteiger partial charge in [-0.3, -0.25) is 4.98 Å². The molecule has 0 bridgehead atoms. The molecule has 2 aromatic carbocycles. The Morgan fingerprint density at radius 3 is 2.50 bits per heavy atom. The lowest BCUT2D eigenvalue weighted by atomic mass is 10.1. The molecule has 0 atom stereocenters. The highest BCUT2D eigenvalue weighted by Gasteiger charge is 2.05. The number of benzene rings is 2. The Hall–Kier alpha value is -2.14. The van der Waals surface area contributed by atoms with E-state index >= 15 is 0 Å². The van der Waals surface area contributed by atoms with E-state index in [-0.39, 0.29) is 0 Å². The average molecular weight is 329 g/mol. The van der Waals surface area contributed by atoms with Crippen LogP contribution in [-0.4, -0.2) is 17.0 Å². The zero-order valence-electron chi connectivity index (χ0n) is 10.9. The standard InChI is InChI=1S/C15H13BrN4/c1-17-14-8-18-9-15(20-14)19-13-7-6-12(16)10-4-2-3-5-11(10)13/h2-9H,1H3,(H2,17,19,20). The van der Waals surface area contributed by atoms with Crippen LogP contribution in [0.3, 0.4) is 0 Å². The van der Waals surface area contributed by atoms with Gasteiger partial charge in [0.1, 0.15) is 5.82 Å². The molecule has 0 aliphatic rings. The lowest BCUT2D eigenvalue weighted by Crippen LogP contribution is -1.99. The normalized spacial score (nSPS) is 10.5. The van der Waals surface area contributed by atoms with Gasteiger partial charge in [0.15, 0.2) is 5.82 Å². The summed E-state index contributed by atoms with van der Waals surface area (Å²) in [6.07, 6.45) is 3.39. The zero-order valence-corrected chi connectivity index (χ0v) is 12.5. The maximum absolute atomic E-state index is 4.42. The molecule has 1 aromatic heterocycles. The molecule has 0 saturated carbocycles. The first-order chi connectivity index (χ1) is 9.78. The van der Waals surface area contributed by atoms with Crippen LogP contribution in [0.15, 0.2) is 53.3 Å². The zero-order chi connectivity index (χ0) is 13.9. The Morgan fingerprint density at radius 1 is 0.950 bits per heavy atom. The Balaban J connectivity index is 2.04. The number of anilines is 3. The molecular weight excluding hydrogens is 316 g/mol. The summed E-state index contributed by atoms with van der Waals surface area (Å²) in [5.41, 5.74) is 1.01. The van der Waals surface area contributed by atoms with Crippen molar-refractivity contribution in [1.82, 2.24) is 9.97 Å². The van der Waals surface area contributed by atoms with E-state index in [0.29, 0.717) is 5.82 Å². The highest BCUT2D eigenvalue weighted by molar-refractivity contribution is 9.10. The van der Waals surface area contributed by atoms with Crippen molar-refractivity contribution in [2.75, 3.05) is 17.7 Å². The van der Waals surface area contributed by atoms with Gasteiger partial charge in [-0.1, -0.05) is 40.2 Å². The van der Waals surface area contributed by atoms with E-state index in [0.717, 1.165) is 26.8 Å². The lowest BCUT2D eigenvalue weighted by molar-refractivity contribution is 1.19. The summed E-state index contributed by atoms with van der Waals surface area (Å²) in [6.45, 7) is 0. The SMILES string of the molecule is CNc1cncc(Nc2ccc(Br)c3ccccc23)n1. The second-order valence-electron chi connectivity index (χ2n) is 4.31. The fraction of sp³-hybridized carbons (Fsp3) is 0.0667. The molecule has 3 aromatic rings. The molecule has 0 fully saturated rings. The van der Waals surface area contributed by atoms with Crippen molar-refractivity contribution in [2.24, 2.45) is 0 Å². The van der Waals surface area contributed by atoms with Gasteiger partial charge in [-0.15, -0.1) is 0 Å². The van der Waals surface area contributed by atoms with E-state index in [1.54, 1.807) is 12.4 Å². The molecule has 0 radical (unpaired) electrons. The van der Waals surface area contributed by atoms with Crippen LogP contribution in [0.1, 0.15) is 0 Å². The summed E-state index contributed by atoms with van der Waals surface area (Å²) < 4.78 is 1.08. The minimum absolute atomic E-state index is 0.712. The molecule has 1 heterocycles. The molecule has 0 aliphatic carbocycles. The smallest absolute Gasteiger partial charge is 0.151 e. The number of aromatic nitrogens is 2. The van der Waals surface area contributed by atoms with Gasteiger partial charge < -0.3 is 10.6 Å². The Morgan fingerprint density at radius 2 is 1.70 bits per heavy atom. The quantitative estimate of drug-likeness (QED) is 0.757. The van der Waals surface area contributed by atoms with Crippen LogP contribution >= 0.6 is 15.9 Å². The summed E-state index contributed by atoms with van der Waals surface area (Å²) in [7, 11) is 1.82. The van der Waals surface area contributed by atoms with Gasteiger partial charge in [0, 0.05) is 22.6 Å². The maximum Gasteiger partial charge on any atom is 0.151 e. The maximum atomic E-state index is 4.42. The molecule has 0 spiro atoms. The molecule has 0 amide bonds. The van der Waals surface area contributed by atoms with Gasteiger partial charge in [-0.05, 0) is 17.5 Å².